The maximum Gasteiger partial charge on any atom is 0.0791 e. The predicted molar refractivity (Wildman–Crippen MR) is 68.6 cm³/mol. The summed E-state index contributed by atoms with van der Waals surface area (Å²) in [7, 11) is 0. The molecule has 0 aromatic carbocycles. The number of aliphatic hydroxyl groups is 1. The first-order chi connectivity index (χ1) is 7.63. The fourth-order valence-corrected chi connectivity index (χ4v) is 2.42. The lowest BCUT2D eigenvalue weighted by atomic mass is 9.95. The Balaban J connectivity index is 2.23. The molecule has 1 saturated heterocycles. The van der Waals surface area contributed by atoms with Crippen LogP contribution in [0.1, 0.15) is 40.0 Å². The van der Waals surface area contributed by atoms with Gasteiger partial charge in [0.05, 0.1) is 6.10 Å². The van der Waals surface area contributed by atoms with Crippen molar-refractivity contribution in [2.24, 2.45) is 5.92 Å². The van der Waals surface area contributed by atoms with Gasteiger partial charge in [-0.05, 0) is 38.6 Å². The molecule has 0 spiro atoms. The Kier molecular flexibility index (Phi) is 6.32. The minimum Gasteiger partial charge on any atom is -0.390 e. The van der Waals surface area contributed by atoms with E-state index in [2.05, 4.69) is 31.0 Å². The maximum absolute atomic E-state index is 9.93. The van der Waals surface area contributed by atoms with Gasteiger partial charge in [0, 0.05) is 25.7 Å². The standard InChI is InChI=1S/C13H28N2O/c1-4-7-14-8-13(16)10-15-9-11(2)5-6-12(15)3/h11-14,16H,4-10H2,1-3H3. The fraction of sp³-hybridized carbons (Fsp3) is 1.00. The van der Waals surface area contributed by atoms with Gasteiger partial charge in [-0.15, -0.1) is 0 Å². The zero-order valence-corrected chi connectivity index (χ0v) is 11.1. The molecule has 1 fully saturated rings. The molecule has 1 aliphatic heterocycles. The molecule has 3 unspecified atom stereocenters. The van der Waals surface area contributed by atoms with Gasteiger partial charge in [0.25, 0.3) is 0 Å². The van der Waals surface area contributed by atoms with E-state index >= 15 is 0 Å². The normalized spacial score (nSPS) is 29.2. The van der Waals surface area contributed by atoms with E-state index in [4.69, 9.17) is 0 Å². The summed E-state index contributed by atoms with van der Waals surface area (Å²) in [5.74, 6) is 0.784. The molecule has 0 aromatic heterocycles. The van der Waals surface area contributed by atoms with Gasteiger partial charge >= 0.3 is 0 Å². The number of nitrogens with one attached hydrogen (secondary N) is 1. The van der Waals surface area contributed by atoms with Crippen molar-refractivity contribution in [1.29, 1.82) is 0 Å². The van der Waals surface area contributed by atoms with Crippen molar-refractivity contribution in [3.8, 4) is 0 Å². The van der Waals surface area contributed by atoms with Crippen molar-refractivity contribution in [2.75, 3.05) is 26.2 Å². The number of nitrogens with zero attached hydrogens (tertiary/aromatic N) is 1. The van der Waals surface area contributed by atoms with Gasteiger partial charge in [0.15, 0.2) is 0 Å². The van der Waals surface area contributed by atoms with Gasteiger partial charge in [-0.1, -0.05) is 13.8 Å². The van der Waals surface area contributed by atoms with Crippen LogP contribution >= 0.6 is 0 Å². The predicted octanol–water partition coefficient (Wildman–Crippen LogP) is 1.47. The van der Waals surface area contributed by atoms with Crippen LogP contribution < -0.4 is 5.32 Å². The van der Waals surface area contributed by atoms with Gasteiger partial charge in [0.1, 0.15) is 0 Å². The van der Waals surface area contributed by atoms with E-state index < -0.39 is 0 Å². The van der Waals surface area contributed by atoms with Crippen LogP contribution in [0.3, 0.4) is 0 Å². The van der Waals surface area contributed by atoms with Gasteiger partial charge in [-0.3, -0.25) is 4.90 Å². The maximum atomic E-state index is 9.93. The number of β-amino-alcohol motifs (C(OH)–C–C–N with tert-alkyl or cyclic N) is 1. The Bertz CT molecular complexity index is 187. The number of hydrogen-bond donors (Lipinski definition) is 2. The van der Waals surface area contributed by atoms with Crippen LogP contribution in [0, 0.1) is 5.92 Å². The third-order valence-corrected chi connectivity index (χ3v) is 3.50. The first-order valence-electron chi connectivity index (χ1n) is 6.76. The molecule has 1 rings (SSSR count). The van der Waals surface area contributed by atoms with Crippen LogP contribution in [-0.4, -0.2) is 48.3 Å². The smallest absolute Gasteiger partial charge is 0.0791 e. The Morgan fingerprint density at radius 3 is 2.81 bits per heavy atom. The van der Waals surface area contributed by atoms with Crippen molar-refractivity contribution < 1.29 is 5.11 Å². The minimum atomic E-state index is -0.223. The molecule has 0 bridgehead atoms. The number of hydrogen-bond acceptors (Lipinski definition) is 3. The zero-order valence-electron chi connectivity index (χ0n) is 11.1. The van der Waals surface area contributed by atoms with Crippen LogP contribution in [0.2, 0.25) is 0 Å². The first-order valence-corrected chi connectivity index (χ1v) is 6.76. The van der Waals surface area contributed by atoms with Crippen LogP contribution in [0.5, 0.6) is 0 Å². The molecule has 3 nitrogen and oxygen atoms in total. The molecule has 96 valence electrons. The van der Waals surface area contributed by atoms with E-state index in [9.17, 15) is 5.11 Å². The van der Waals surface area contributed by atoms with Gasteiger partial charge in [-0.25, -0.2) is 0 Å². The van der Waals surface area contributed by atoms with E-state index in [0.717, 1.165) is 38.5 Å². The molecule has 16 heavy (non-hydrogen) atoms. The first kappa shape index (κ1) is 13.9. The summed E-state index contributed by atoms with van der Waals surface area (Å²) in [6, 6.07) is 0.636. The summed E-state index contributed by atoms with van der Waals surface area (Å²) in [5.41, 5.74) is 0. The second-order valence-electron chi connectivity index (χ2n) is 5.34. The molecule has 2 N–H and O–H groups in total. The Morgan fingerprint density at radius 2 is 2.12 bits per heavy atom. The highest BCUT2D eigenvalue weighted by Gasteiger charge is 2.24. The highest BCUT2D eigenvalue weighted by atomic mass is 16.3. The van der Waals surface area contributed by atoms with Crippen LogP contribution in [0.15, 0.2) is 0 Å². The van der Waals surface area contributed by atoms with E-state index in [0.29, 0.717) is 6.04 Å². The van der Waals surface area contributed by atoms with Crippen LogP contribution in [0.25, 0.3) is 0 Å². The molecular weight excluding hydrogens is 200 g/mol. The molecule has 0 aliphatic carbocycles. The average Bonchev–Trinajstić information content (AvgIpc) is 2.24. The monoisotopic (exact) mass is 228 g/mol. The summed E-state index contributed by atoms with van der Waals surface area (Å²) in [4.78, 5) is 2.44. The number of likely N-dealkylation sites (tertiary alicyclic amines) is 1. The summed E-state index contributed by atoms with van der Waals surface area (Å²) < 4.78 is 0. The number of piperidine rings is 1. The fourth-order valence-electron chi connectivity index (χ4n) is 2.42. The molecule has 1 aliphatic rings. The third-order valence-electron chi connectivity index (χ3n) is 3.50. The third kappa shape index (κ3) is 4.81. The second-order valence-corrected chi connectivity index (χ2v) is 5.34. The van der Waals surface area contributed by atoms with E-state index in [1.54, 1.807) is 0 Å². The molecule has 0 radical (unpaired) electrons. The highest BCUT2D eigenvalue weighted by molar-refractivity contribution is 4.79. The topological polar surface area (TPSA) is 35.5 Å². The minimum absolute atomic E-state index is 0.223. The molecule has 0 aromatic rings. The van der Waals surface area contributed by atoms with Crippen molar-refractivity contribution in [3.05, 3.63) is 0 Å². The summed E-state index contributed by atoms with van der Waals surface area (Å²) in [5, 5.41) is 13.2. The number of aliphatic hydroxyl groups excluding tert-OH is 1. The highest BCUT2D eigenvalue weighted by Crippen LogP contribution is 2.21. The van der Waals surface area contributed by atoms with Crippen molar-refractivity contribution >= 4 is 0 Å². The Labute approximate surface area is 100 Å². The summed E-state index contributed by atoms with van der Waals surface area (Å²) in [6.45, 7) is 10.4. The van der Waals surface area contributed by atoms with E-state index in [1.165, 1.54) is 12.8 Å². The molecular formula is C13H28N2O. The molecule has 0 amide bonds. The lowest BCUT2D eigenvalue weighted by molar-refractivity contribution is 0.0573. The Morgan fingerprint density at radius 1 is 1.38 bits per heavy atom. The van der Waals surface area contributed by atoms with Crippen LogP contribution in [0.4, 0.5) is 0 Å². The summed E-state index contributed by atoms with van der Waals surface area (Å²) >= 11 is 0. The molecule has 0 saturated carbocycles. The lowest BCUT2D eigenvalue weighted by Gasteiger charge is -2.37. The van der Waals surface area contributed by atoms with Crippen molar-refractivity contribution in [2.45, 2.75) is 52.2 Å². The average molecular weight is 228 g/mol. The van der Waals surface area contributed by atoms with Crippen molar-refractivity contribution in [1.82, 2.24) is 10.2 Å². The van der Waals surface area contributed by atoms with Crippen LogP contribution in [-0.2, 0) is 0 Å². The van der Waals surface area contributed by atoms with Gasteiger partial charge in [0.2, 0.25) is 0 Å². The second kappa shape index (κ2) is 7.25. The quantitative estimate of drug-likeness (QED) is 0.676. The number of rotatable bonds is 6. The summed E-state index contributed by atoms with van der Waals surface area (Å²) in [6.07, 6.45) is 3.52. The zero-order chi connectivity index (χ0) is 12.0. The Hall–Kier alpha value is -0.120. The largest absolute Gasteiger partial charge is 0.390 e. The molecule has 3 atom stereocenters. The van der Waals surface area contributed by atoms with Gasteiger partial charge < -0.3 is 10.4 Å². The lowest BCUT2D eigenvalue weighted by Crippen LogP contribution is -2.47. The molecule has 3 heteroatoms. The van der Waals surface area contributed by atoms with Crippen molar-refractivity contribution in [3.63, 3.8) is 0 Å². The molecule has 1 heterocycles. The SMILES string of the molecule is CCCNCC(O)CN1CC(C)CCC1C. The van der Waals surface area contributed by atoms with Gasteiger partial charge in [-0.2, -0.15) is 0 Å². The van der Waals surface area contributed by atoms with E-state index in [-0.39, 0.29) is 6.10 Å². The van der Waals surface area contributed by atoms with E-state index in [1.807, 2.05) is 0 Å².